The molecule has 0 N–H and O–H groups in total. The molecule has 0 saturated carbocycles. The fourth-order valence-corrected chi connectivity index (χ4v) is 9.48. The molecule has 93 heavy (non-hydrogen) atoms. The summed E-state index contributed by atoms with van der Waals surface area (Å²) >= 11 is 0. The van der Waals surface area contributed by atoms with Gasteiger partial charge < -0.3 is 29.4 Å². The number of hydrogen-bond acceptors (Lipinski definition) is 12. The first-order chi connectivity index (χ1) is 43.2. The van der Waals surface area contributed by atoms with Gasteiger partial charge in [0, 0.05) is 36.8 Å². The Kier molecular flexibility index (Phi) is 19.1. The zero-order valence-electron chi connectivity index (χ0n) is 47.5. The zero-order chi connectivity index (χ0) is 66.5. The van der Waals surface area contributed by atoms with E-state index in [0.717, 1.165) is 54.6 Å². The van der Waals surface area contributed by atoms with Crippen LogP contribution in [0.1, 0.15) is 48.0 Å². The molecule has 0 aliphatic carbocycles. The minimum Gasteiger partial charge on any atom is -0.501 e. The normalized spacial score (nSPS) is 14.0. The molecule has 3 aliphatic heterocycles. The SMILES string of the molecule is CCN1[CH-]N(c2[c-]cc(C(F)(F)F)cc2)c2nc(C(F)(F)F)nc(-c3ccccc3)c21.CCN1[CH-]N(c2[c-]cc(C(F)(F)F)cc2)c2nc(C(F)(F)F)nc(-c3ccccc3)c21.CN1[CH-]N(c2[c-]cc(C(F)(F)F)cc2)c2nc(C(F)(F)F)nc(-c3ccccc3)c21.[Ir]. The Labute approximate surface area is 530 Å². The second-order valence-corrected chi connectivity index (χ2v) is 19.8. The fourth-order valence-electron chi connectivity index (χ4n) is 9.48. The van der Waals surface area contributed by atoms with Crippen LogP contribution >= 0.6 is 0 Å². The second kappa shape index (κ2) is 26.0. The molecule has 9 aromatic rings. The number of hydrogen-bond donors (Lipinski definition) is 0. The van der Waals surface area contributed by atoms with Crippen molar-refractivity contribution < 1.29 is 99.1 Å². The Morgan fingerprint density at radius 1 is 0.344 bits per heavy atom. The summed E-state index contributed by atoms with van der Waals surface area (Å²) in [5.74, 6) is -4.30. The predicted octanol–water partition coefficient (Wildman–Crippen LogP) is 17.8. The molecule has 6 aromatic carbocycles. The van der Waals surface area contributed by atoms with Gasteiger partial charge in [0.05, 0.1) is 34.1 Å². The van der Waals surface area contributed by atoms with Gasteiger partial charge in [0.15, 0.2) is 0 Å². The molecule has 0 atom stereocenters. The van der Waals surface area contributed by atoms with Gasteiger partial charge in [-0.2, -0.15) is 154 Å². The van der Waals surface area contributed by atoms with Gasteiger partial charge in [0.25, 0.3) is 0 Å². The summed E-state index contributed by atoms with van der Waals surface area (Å²) in [5, 5.41) is 0. The van der Waals surface area contributed by atoms with E-state index in [4.69, 9.17) is 0 Å². The Bertz CT molecular complexity index is 3890. The van der Waals surface area contributed by atoms with Crippen molar-refractivity contribution in [2.75, 3.05) is 49.5 Å². The van der Waals surface area contributed by atoms with Gasteiger partial charge in [-0.3, -0.25) is 0 Å². The molecule has 12 nitrogen and oxygen atoms in total. The van der Waals surface area contributed by atoms with Gasteiger partial charge in [0.1, 0.15) is 17.5 Å². The summed E-state index contributed by atoms with van der Waals surface area (Å²) < 4.78 is 237. The van der Waals surface area contributed by atoms with E-state index in [9.17, 15) is 79.0 Å². The van der Waals surface area contributed by atoms with Gasteiger partial charge >= 0.3 is 37.1 Å². The largest absolute Gasteiger partial charge is 0.501 e. The number of alkyl halides is 18. The van der Waals surface area contributed by atoms with E-state index in [1.807, 2.05) is 0 Å². The molecule has 0 spiro atoms. The minimum atomic E-state index is -4.81. The third-order valence-corrected chi connectivity index (χ3v) is 13.7. The summed E-state index contributed by atoms with van der Waals surface area (Å²) in [7, 11) is 1.59. The Morgan fingerprint density at radius 2 is 0.613 bits per heavy atom. The van der Waals surface area contributed by atoms with E-state index in [-0.39, 0.29) is 71.7 Å². The molecule has 12 rings (SSSR count). The molecule has 489 valence electrons. The van der Waals surface area contributed by atoms with Gasteiger partial charge in [0.2, 0.25) is 17.5 Å². The first kappa shape index (κ1) is 68.1. The fraction of sp³-hybridized carbons (Fsp3) is 0.177. The van der Waals surface area contributed by atoms with E-state index in [1.54, 1.807) is 122 Å². The summed E-state index contributed by atoms with van der Waals surface area (Å²) in [6, 6.07) is 40.6. The third-order valence-electron chi connectivity index (χ3n) is 13.7. The van der Waals surface area contributed by atoms with Crippen molar-refractivity contribution in [1.29, 1.82) is 0 Å². The topological polar surface area (TPSA) is 96.8 Å². The minimum absolute atomic E-state index is 0. The number of nitrogens with zero attached hydrogens (tertiary/aromatic N) is 12. The van der Waals surface area contributed by atoms with E-state index in [2.05, 4.69) is 48.1 Å². The first-order valence-electron chi connectivity index (χ1n) is 26.8. The van der Waals surface area contributed by atoms with Crippen LogP contribution in [0.15, 0.2) is 146 Å². The standard InChI is InChI=1S/2C21H14F6N4.C20H12F6N4.Ir/c2*1-2-30-12-31(15-10-8-14(9-11-15)20(22,23)24)18-17(30)16(13-6-4-3-5-7-13)28-19(29-18)21(25,26)27;1-29-11-30(14-9-7-13(8-10-14)19(21,22)23)17-16(29)15(12-5-3-2-4-6-12)27-18(28-17)20(24,25)26;/h2*3-10,12H,2H2,1H3;2-9,11H,1H3;/q3*-2;. The Balaban J connectivity index is 0.000000164. The van der Waals surface area contributed by atoms with Crippen molar-refractivity contribution in [3.05, 3.63) is 218 Å². The molecule has 0 bridgehead atoms. The van der Waals surface area contributed by atoms with Crippen LogP contribution in [0.3, 0.4) is 0 Å². The maximum atomic E-state index is 13.5. The maximum Gasteiger partial charge on any atom is 0.451 e. The van der Waals surface area contributed by atoms with E-state index in [0.29, 0.717) is 46.8 Å². The van der Waals surface area contributed by atoms with Crippen LogP contribution in [0, 0.1) is 38.2 Å². The molecular weight excluding hydrogens is 1450 g/mol. The first-order valence-corrected chi connectivity index (χ1v) is 26.8. The van der Waals surface area contributed by atoms with E-state index >= 15 is 0 Å². The monoisotopic (exact) mass is 1490 g/mol. The molecule has 0 saturated heterocycles. The quantitative estimate of drug-likeness (QED) is 0.107. The van der Waals surface area contributed by atoms with E-state index in [1.165, 1.54) is 39.6 Å². The number of rotatable bonds is 8. The number of benzene rings is 6. The molecule has 0 fully saturated rings. The van der Waals surface area contributed by atoms with Gasteiger partial charge in [-0.25, -0.2) is 29.9 Å². The van der Waals surface area contributed by atoms with Crippen LogP contribution in [0.4, 0.5) is 131 Å². The molecule has 3 aromatic heterocycles. The summed E-state index contributed by atoms with van der Waals surface area (Å²) in [6.07, 6.45) is -28.1. The molecule has 1 radical (unpaired) electrons. The third kappa shape index (κ3) is 14.5. The number of fused-ring (bicyclic) bond motifs is 3. The van der Waals surface area contributed by atoms with Crippen molar-refractivity contribution >= 4 is 51.6 Å². The summed E-state index contributed by atoms with van der Waals surface area (Å²) in [6.45, 7) is 8.69. The second-order valence-electron chi connectivity index (χ2n) is 19.8. The van der Waals surface area contributed by atoms with Crippen LogP contribution in [-0.4, -0.2) is 50.0 Å². The van der Waals surface area contributed by atoms with Gasteiger partial charge in [-0.1, -0.05) is 108 Å². The molecule has 3 aliphatic rings. The van der Waals surface area contributed by atoms with Crippen molar-refractivity contribution in [3.63, 3.8) is 0 Å². The smallest absolute Gasteiger partial charge is 0.451 e. The van der Waals surface area contributed by atoms with Crippen molar-refractivity contribution in [2.45, 2.75) is 50.9 Å². The molecule has 31 heteroatoms. The van der Waals surface area contributed by atoms with Crippen LogP contribution in [0.25, 0.3) is 33.8 Å². The zero-order valence-corrected chi connectivity index (χ0v) is 49.9. The van der Waals surface area contributed by atoms with Gasteiger partial charge in [-0.15, -0.1) is 35.3 Å². The van der Waals surface area contributed by atoms with Gasteiger partial charge in [-0.05, 0) is 34.0 Å². The Morgan fingerprint density at radius 3 is 0.860 bits per heavy atom. The average Bonchev–Trinajstić information content (AvgIpc) is 1.65. The van der Waals surface area contributed by atoms with Crippen LogP contribution in [0.5, 0.6) is 0 Å². The maximum absolute atomic E-state index is 13.5. The van der Waals surface area contributed by atoms with Crippen LogP contribution in [0.2, 0.25) is 0 Å². The average molecular weight is 1490 g/mol. The van der Waals surface area contributed by atoms with Crippen molar-refractivity contribution in [3.8, 4) is 33.8 Å². The summed E-state index contributed by atoms with van der Waals surface area (Å²) in [4.78, 5) is 31.0. The van der Waals surface area contributed by atoms with E-state index < -0.39 is 71.2 Å². The number of halogens is 18. The molecular formula is C62H40F18IrN12-6. The molecule has 0 unspecified atom stereocenters. The number of anilines is 9. The van der Waals surface area contributed by atoms with Crippen molar-refractivity contribution in [2.24, 2.45) is 0 Å². The summed E-state index contributed by atoms with van der Waals surface area (Å²) in [5.41, 5.74) is 0.130. The predicted molar refractivity (Wildman–Crippen MR) is 302 cm³/mol. The Hall–Kier alpha value is -9.25. The molecule has 6 heterocycles. The number of aromatic nitrogens is 6. The van der Waals surface area contributed by atoms with Crippen molar-refractivity contribution in [1.82, 2.24) is 29.9 Å². The van der Waals surface area contributed by atoms with Crippen LogP contribution in [-0.2, 0) is 57.2 Å². The molecule has 0 amide bonds. The van der Waals surface area contributed by atoms with Crippen LogP contribution < -0.4 is 29.4 Å².